The first-order chi connectivity index (χ1) is 18.6. The van der Waals surface area contributed by atoms with Crippen LogP contribution < -0.4 is 5.73 Å². The van der Waals surface area contributed by atoms with Gasteiger partial charge in [-0.25, -0.2) is 0 Å². The molecule has 204 valence electrons. The van der Waals surface area contributed by atoms with Crippen LogP contribution in [0.25, 0.3) is 0 Å². The Morgan fingerprint density at radius 3 is 2.41 bits per heavy atom. The van der Waals surface area contributed by atoms with Gasteiger partial charge >= 0.3 is 0 Å². The minimum absolute atomic E-state index is 0.0256. The molecule has 4 nitrogen and oxygen atoms in total. The molecule has 0 bridgehead atoms. The highest BCUT2D eigenvalue weighted by molar-refractivity contribution is 6.32. The van der Waals surface area contributed by atoms with Crippen molar-refractivity contribution >= 4 is 34.9 Å². The number of benzene rings is 3. The molecule has 39 heavy (non-hydrogen) atoms. The maximum Gasteiger partial charge on any atom is 0.253 e. The van der Waals surface area contributed by atoms with E-state index in [1.165, 1.54) is 11.1 Å². The molecule has 1 heterocycles. The Morgan fingerprint density at radius 1 is 1.05 bits per heavy atom. The first-order valence-electron chi connectivity index (χ1n) is 13.7. The molecule has 1 aliphatic heterocycles. The topological polar surface area (TPSA) is 58.7 Å². The molecular formula is C33H37Cl2N3O. The zero-order chi connectivity index (χ0) is 27.9. The Hall–Kier alpha value is -2.82. The quantitative estimate of drug-likeness (QED) is 0.334. The molecule has 1 aliphatic carbocycles. The van der Waals surface area contributed by atoms with Gasteiger partial charge in [0, 0.05) is 40.0 Å². The summed E-state index contributed by atoms with van der Waals surface area (Å²) in [6.45, 7) is 7.42. The zero-order valence-electron chi connectivity index (χ0n) is 23.1. The van der Waals surface area contributed by atoms with Gasteiger partial charge in [-0.2, -0.15) is 0 Å². The lowest BCUT2D eigenvalue weighted by molar-refractivity contribution is 0.0329. The highest BCUT2D eigenvalue weighted by Crippen LogP contribution is 2.66. The van der Waals surface area contributed by atoms with Gasteiger partial charge in [-0.3, -0.25) is 9.79 Å². The van der Waals surface area contributed by atoms with Gasteiger partial charge in [0.15, 0.2) is 0 Å². The van der Waals surface area contributed by atoms with Crippen LogP contribution in [0.5, 0.6) is 0 Å². The fourth-order valence-electron chi connectivity index (χ4n) is 7.06. The number of rotatable bonds is 6. The minimum Gasteiger partial charge on any atom is -0.387 e. The molecule has 1 amide bonds. The van der Waals surface area contributed by atoms with Crippen molar-refractivity contribution in [2.45, 2.75) is 57.9 Å². The summed E-state index contributed by atoms with van der Waals surface area (Å²) < 4.78 is 0. The van der Waals surface area contributed by atoms with E-state index in [9.17, 15) is 4.79 Å². The van der Waals surface area contributed by atoms with E-state index in [0.29, 0.717) is 22.2 Å². The summed E-state index contributed by atoms with van der Waals surface area (Å²) in [6, 6.07) is 24.3. The number of aliphatic imine (C=N–C) groups is 1. The molecule has 0 spiro atoms. The number of fused-ring (bicyclic) bond motifs is 1. The van der Waals surface area contributed by atoms with Gasteiger partial charge in [-0.05, 0) is 79.0 Å². The third-order valence-corrected chi connectivity index (χ3v) is 10.3. The fourth-order valence-corrected chi connectivity index (χ4v) is 7.51. The number of nitrogens with two attached hydrogens (primary N) is 1. The van der Waals surface area contributed by atoms with E-state index in [4.69, 9.17) is 33.9 Å². The predicted octanol–water partition coefficient (Wildman–Crippen LogP) is 7.74. The van der Waals surface area contributed by atoms with Gasteiger partial charge in [0.25, 0.3) is 5.91 Å². The van der Waals surface area contributed by atoms with E-state index in [1.54, 1.807) is 4.90 Å². The molecule has 1 fully saturated rings. The number of likely N-dealkylation sites (N-methyl/N-ethyl adjacent to an activating group) is 1. The van der Waals surface area contributed by atoms with Crippen LogP contribution in [0.3, 0.4) is 0 Å². The molecule has 5 atom stereocenters. The minimum atomic E-state index is -0.211. The molecule has 3 aromatic carbocycles. The van der Waals surface area contributed by atoms with E-state index >= 15 is 0 Å². The average Bonchev–Trinajstić information content (AvgIpc) is 3.11. The van der Waals surface area contributed by atoms with Crippen molar-refractivity contribution in [3.63, 3.8) is 0 Å². The van der Waals surface area contributed by atoms with Crippen LogP contribution in [0.2, 0.25) is 10.0 Å². The number of nitrogens with zero attached hydrogens (tertiary/aromatic N) is 2. The second-order valence-corrected chi connectivity index (χ2v) is 12.5. The molecule has 1 saturated carbocycles. The summed E-state index contributed by atoms with van der Waals surface area (Å²) in [4.78, 5) is 19.9. The largest absolute Gasteiger partial charge is 0.387 e. The normalized spacial score (nSPS) is 28.1. The van der Waals surface area contributed by atoms with E-state index in [2.05, 4.69) is 51.1 Å². The number of carbonyl (C=O) groups excluding carboxylic acids is 1. The standard InChI is InChI=1S/C33H37Cl2N3O/c1-21-33(3)29(23-10-13-25(34)14-11-23)27(16-18-32(33,2)31(36)37-21)26-15-12-24(20-28(26)35)30(39)38(4)19-17-22-8-6-5-7-9-22/h5-15,20-21,27,29H,16-19H2,1-4H3,(H2,36,37)/t21-,27+,29+,32+,33+/m1/s1. The van der Waals surface area contributed by atoms with Crippen LogP contribution in [0.4, 0.5) is 0 Å². The van der Waals surface area contributed by atoms with Gasteiger partial charge in [-0.15, -0.1) is 0 Å². The smallest absolute Gasteiger partial charge is 0.253 e. The lowest BCUT2D eigenvalue weighted by Crippen LogP contribution is -2.54. The van der Waals surface area contributed by atoms with Gasteiger partial charge in [0.1, 0.15) is 5.84 Å². The summed E-state index contributed by atoms with van der Waals surface area (Å²) in [5.41, 5.74) is 10.3. The third-order valence-electron chi connectivity index (χ3n) is 9.76. The Balaban J connectivity index is 1.45. The maximum atomic E-state index is 13.3. The highest BCUT2D eigenvalue weighted by Gasteiger charge is 2.63. The van der Waals surface area contributed by atoms with Crippen molar-refractivity contribution in [2.24, 2.45) is 21.6 Å². The Bertz CT molecular complexity index is 1390. The van der Waals surface area contributed by atoms with Crippen molar-refractivity contribution in [3.05, 3.63) is 105 Å². The van der Waals surface area contributed by atoms with Gasteiger partial charge < -0.3 is 10.6 Å². The first kappa shape index (κ1) is 27.7. The number of hydrogen-bond acceptors (Lipinski definition) is 3. The molecule has 5 rings (SSSR count). The molecule has 6 heteroatoms. The maximum absolute atomic E-state index is 13.3. The molecule has 0 unspecified atom stereocenters. The summed E-state index contributed by atoms with van der Waals surface area (Å²) in [6.07, 6.45) is 2.66. The lowest BCUT2D eigenvalue weighted by Gasteiger charge is -2.55. The van der Waals surface area contributed by atoms with Crippen molar-refractivity contribution in [3.8, 4) is 0 Å². The summed E-state index contributed by atoms with van der Waals surface area (Å²) in [5, 5.41) is 1.35. The lowest BCUT2D eigenvalue weighted by atomic mass is 9.47. The Morgan fingerprint density at radius 2 is 1.74 bits per heavy atom. The molecule has 0 saturated heterocycles. The summed E-state index contributed by atoms with van der Waals surface area (Å²) in [7, 11) is 1.85. The van der Waals surface area contributed by atoms with Crippen LogP contribution in [0.15, 0.2) is 77.8 Å². The summed E-state index contributed by atoms with van der Waals surface area (Å²) in [5.74, 6) is 1.00. The number of carbonyl (C=O) groups is 1. The fraction of sp³-hybridized carbons (Fsp3) is 0.394. The zero-order valence-corrected chi connectivity index (χ0v) is 24.6. The monoisotopic (exact) mass is 561 g/mol. The highest BCUT2D eigenvalue weighted by atomic mass is 35.5. The second kappa shape index (κ2) is 10.6. The van der Waals surface area contributed by atoms with Gasteiger partial charge in [0.2, 0.25) is 0 Å². The van der Waals surface area contributed by atoms with Crippen molar-refractivity contribution in [1.29, 1.82) is 0 Å². The number of amides is 1. The molecule has 2 N–H and O–H groups in total. The number of amidine groups is 1. The van der Waals surface area contributed by atoms with Crippen molar-refractivity contribution in [1.82, 2.24) is 4.90 Å². The van der Waals surface area contributed by atoms with Crippen LogP contribution in [-0.4, -0.2) is 36.3 Å². The Kier molecular flexibility index (Phi) is 7.56. The summed E-state index contributed by atoms with van der Waals surface area (Å²) >= 11 is 13.3. The van der Waals surface area contributed by atoms with Crippen LogP contribution in [-0.2, 0) is 6.42 Å². The van der Waals surface area contributed by atoms with Gasteiger partial charge in [0.05, 0.1) is 6.04 Å². The number of hydrogen-bond donors (Lipinski definition) is 1. The van der Waals surface area contributed by atoms with E-state index < -0.39 is 0 Å². The second-order valence-electron chi connectivity index (χ2n) is 11.7. The Labute approximate surface area is 242 Å². The van der Waals surface area contributed by atoms with Crippen LogP contribution in [0.1, 0.15) is 72.5 Å². The first-order valence-corrected chi connectivity index (χ1v) is 14.5. The molecule has 2 aliphatic rings. The van der Waals surface area contributed by atoms with Crippen molar-refractivity contribution < 1.29 is 4.79 Å². The van der Waals surface area contributed by atoms with Crippen LogP contribution in [0, 0.1) is 10.8 Å². The average molecular weight is 563 g/mol. The predicted molar refractivity (Wildman–Crippen MR) is 162 cm³/mol. The third kappa shape index (κ3) is 4.76. The molecule has 0 aromatic heterocycles. The van der Waals surface area contributed by atoms with E-state index in [-0.39, 0.29) is 34.6 Å². The van der Waals surface area contributed by atoms with Crippen molar-refractivity contribution in [2.75, 3.05) is 13.6 Å². The van der Waals surface area contributed by atoms with E-state index in [0.717, 1.165) is 30.7 Å². The molecule has 3 aromatic rings. The molecule has 0 radical (unpaired) electrons. The molecular weight excluding hydrogens is 525 g/mol. The van der Waals surface area contributed by atoms with Crippen LogP contribution >= 0.6 is 23.2 Å². The number of halogens is 2. The van der Waals surface area contributed by atoms with E-state index in [1.807, 2.05) is 49.5 Å². The SMILES string of the molecule is C[C@H]1N=C(N)[C@]2(C)CC[C@@H](c3ccc(C(=O)N(C)CCc4ccccc4)cc3Cl)[C@H](c3ccc(Cl)cc3)[C@]12C. The van der Waals surface area contributed by atoms with Gasteiger partial charge in [-0.1, -0.05) is 85.6 Å².